The van der Waals surface area contributed by atoms with Crippen LogP contribution in [0.25, 0.3) is 0 Å². The Bertz CT molecular complexity index is 643. The normalized spacial score (nSPS) is 10.4. The number of nitrogens with zero attached hydrogens (tertiary/aromatic N) is 1. The third-order valence-corrected chi connectivity index (χ3v) is 3.04. The topological polar surface area (TPSA) is 113 Å². The van der Waals surface area contributed by atoms with Crippen LogP contribution >= 0.6 is 0 Å². The Morgan fingerprint density at radius 3 is 2.68 bits per heavy atom. The summed E-state index contributed by atoms with van der Waals surface area (Å²) in [6.45, 7) is 1.84. The lowest BCUT2D eigenvalue weighted by Crippen LogP contribution is -2.14. The van der Waals surface area contributed by atoms with Crippen molar-refractivity contribution in [2.75, 3.05) is 6.61 Å². The van der Waals surface area contributed by atoms with Crippen molar-refractivity contribution in [2.45, 2.75) is 18.2 Å². The zero-order valence-corrected chi connectivity index (χ0v) is 10.9. The molecule has 2 N–H and O–H groups in total. The van der Waals surface area contributed by atoms with Gasteiger partial charge >= 0.3 is 0 Å². The van der Waals surface area contributed by atoms with Gasteiger partial charge in [0.15, 0.2) is 0 Å². The van der Waals surface area contributed by atoms with Crippen LogP contribution in [0, 0.1) is 22.0 Å². The van der Waals surface area contributed by atoms with Crippen LogP contribution in [0.5, 0.6) is 5.75 Å². The molecule has 0 spiro atoms. The maximum absolute atomic E-state index is 11.4. The van der Waals surface area contributed by atoms with E-state index < -0.39 is 19.8 Å². The Labute approximate surface area is 110 Å². The number of sulfonamides is 1. The van der Waals surface area contributed by atoms with Crippen LogP contribution in [0.2, 0.25) is 0 Å². The van der Waals surface area contributed by atoms with Crippen molar-refractivity contribution < 1.29 is 18.1 Å². The number of rotatable bonds is 5. The van der Waals surface area contributed by atoms with Gasteiger partial charge in [0.05, 0.1) is 11.5 Å². The van der Waals surface area contributed by atoms with Crippen LogP contribution in [-0.2, 0) is 10.0 Å². The molecule has 102 valence electrons. The lowest BCUT2D eigenvalue weighted by atomic mass is 10.3. The highest BCUT2D eigenvalue weighted by atomic mass is 32.2. The van der Waals surface area contributed by atoms with Crippen molar-refractivity contribution >= 4 is 15.7 Å². The summed E-state index contributed by atoms with van der Waals surface area (Å²) in [6, 6.07) is 3.23. The predicted molar refractivity (Wildman–Crippen MR) is 68.0 cm³/mol. The molecule has 8 heteroatoms. The van der Waals surface area contributed by atoms with Crippen LogP contribution < -0.4 is 9.88 Å². The van der Waals surface area contributed by atoms with Crippen LogP contribution in [-0.4, -0.2) is 19.9 Å². The zero-order valence-electron chi connectivity index (χ0n) is 10.1. The number of hydrogen-bond donors (Lipinski definition) is 1. The van der Waals surface area contributed by atoms with E-state index in [0.717, 1.165) is 12.1 Å². The van der Waals surface area contributed by atoms with E-state index in [-0.39, 0.29) is 18.0 Å². The largest absolute Gasteiger partial charge is 0.491 e. The molecule has 0 saturated carbocycles. The standard InChI is InChI=1S/C11H12N2O5S/c1-2-3-4-7-18-10-6-5-9(13(14)15)8-11(10)19(12,16)17/h5-6,8H,4,7H2,1H3,(H2,12,16,17). The molecule has 0 unspecified atom stereocenters. The van der Waals surface area contributed by atoms with Crippen LogP contribution in [0.4, 0.5) is 5.69 Å². The maximum Gasteiger partial charge on any atom is 0.271 e. The summed E-state index contributed by atoms with van der Waals surface area (Å²) < 4.78 is 27.9. The number of ether oxygens (including phenoxy) is 1. The van der Waals surface area contributed by atoms with Crippen LogP contribution in [0.3, 0.4) is 0 Å². The van der Waals surface area contributed by atoms with Gasteiger partial charge in [0, 0.05) is 18.6 Å². The molecule has 19 heavy (non-hydrogen) atoms. The number of nitrogens with two attached hydrogens (primary N) is 1. The predicted octanol–water partition coefficient (Wildman–Crippen LogP) is 1.03. The first-order valence-electron chi connectivity index (χ1n) is 5.20. The van der Waals surface area contributed by atoms with Crippen molar-refractivity contribution in [3.8, 4) is 17.6 Å². The molecule has 0 bridgehead atoms. The van der Waals surface area contributed by atoms with E-state index in [9.17, 15) is 18.5 Å². The molecule has 0 radical (unpaired) electrons. The van der Waals surface area contributed by atoms with Gasteiger partial charge in [0.2, 0.25) is 10.0 Å². The van der Waals surface area contributed by atoms with Gasteiger partial charge in [-0.15, -0.1) is 11.8 Å². The van der Waals surface area contributed by atoms with Gasteiger partial charge in [-0.3, -0.25) is 10.1 Å². The molecule has 0 saturated heterocycles. The van der Waals surface area contributed by atoms with Gasteiger partial charge in [-0.2, -0.15) is 0 Å². The monoisotopic (exact) mass is 284 g/mol. The lowest BCUT2D eigenvalue weighted by molar-refractivity contribution is -0.385. The summed E-state index contributed by atoms with van der Waals surface area (Å²) in [5, 5.41) is 15.6. The minimum absolute atomic E-state index is 0.0222. The molecule has 1 rings (SSSR count). The molecular formula is C11H12N2O5S. The van der Waals surface area contributed by atoms with E-state index in [0.29, 0.717) is 6.42 Å². The van der Waals surface area contributed by atoms with E-state index >= 15 is 0 Å². The van der Waals surface area contributed by atoms with Crippen molar-refractivity contribution in [3.63, 3.8) is 0 Å². The Hall–Kier alpha value is -2.11. The van der Waals surface area contributed by atoms with Crippen molar-refractivity contribution in [1.82, 2.24) is 0 Å². The molecule has 1 aromatic rings. The highest BCUT2D eigenvalue weighted by molar-refractivity contribution is 7.89. The van der Waals surface area contributed by atoms with E-state index in [4.69, 9.17) is 9.88 Å². The van der Waals surface area contributed by atoms with Gasteiger partial charge in [-0.1, -0.05) is 0 Å². The van der Waals surface area contributed by atoms with Crippen molar-refractivity contribution in [2.24, 2.45) is 5.14 Å². The SMILES string of the molecule is CC#CCCOc1ccc([N+](=O)[O-])cc1S(N)(=O)=O. The number of nitro benzene ring substituents is 1. The summed E-state index contributed by atoms with van der Waals surface area (Å²) in [7, 11) is -4.10. The average Bonchev–Trinajstić information content (AvgIpc) is 2.33. The molecule has 0 aliphatic carbocycles. The second kappa shape index (κ2) is 6.17. The summed E-state index contributed by atoms with van der Waals surface area (Å²) >= 11 is 0. The first-order chi connectivity index (χ1) is 8.86. The number of hydrogen-bond acceptors (Lipinski definition) is 5. The molecular weight excluding hydrogens is 272 g/mol. The van der Waals surface area contributed by atoms with E-state index in [1.165, 1.54) is 6.07 Å². The lowest BCUT2D eigenvalue weighted by Gasteiger charge is -2.08. The number of nitro groups is 1. The minimum atomic E-state index is -4.10. The minimum Gasteiger partial charge on any atom is -0.491 e. The molecule has 0 aliphatic heterocycles. The Morgan fingerprint density at radius 2 is 2.16 bits per heavy atom. The highest BCUT2D eigenvalue weighted by Crippen LogP contribution is 2.27. The van der Waals surface area contributed by atoms with E-state index in [2.05, 4.69) is 11.8 Å². The fourth-order valence-electron chi connectivity index (χ4n) is 1.29. The zero-order chi connectivity index (χ0) is 14.5. The van der Waals surface area contributed by atoms with Gasteiger partial charge in [-0.05, 0) is 13.0 Å². The molecule has 0 heterocycles. The van der Waals surface area contributed by atoms with E-state index in [1.807, 2.05) is 0 Å². The Kier molecular flexibility index (Phi) is 4.86. The molecule has 0 atom stereocenters. The van der Waals surface area contributed by atoms with Crippen molar-refractivity contribution in [3.05, 3.63) is 28.3 Å². The fraction of sp³-hybridized carbons (Fsp3) is 0.273. The van der Waals surface area contributed by atoms with Gasteiger partial charge in [0.25, 0.3) is 5.69 Å². The first-order valence-corrected chi connectivity index (χ1v) is 6.74. The first kappa shape index (κ1) is 14.9. The third kappa shape index (κ3) is 4.24. The summed E-state index contributed by atoms with van der Waals surface area (Å²) in [4.78, 5) is 9.48. The molecule has 0 aliphatic rings. The quantitative estimate of drug-likeness (QED) is 0.375. The molecule has 7 nitrogen and oxygen atoms in total. The number of primary sulfonamides is 1. The number of benzene rings is 1. The van der Waals surface area contributed by atoms with Gasteiger partial charge in [0.1, 0.15) is 10.6 Å². The molecule has 0 amide bonds. The smallest absolute Gasteiger partial charge is 0.271 e. The molecule has 1 aromatic carbocycles. The highest BCUT2D eigenvalue weighted by Gasteiger charge is 2.19. The third-order valence-electron chi connectivity index (χ3n) is 2.11. The van der Waals surface area contributed by atoms with Crippen LogP contribution in [0.15, 0.2) is 23.1 Å². The average molecular weight is 284 g/mol. The second-order valence-electron chi connectivity index (χ2n) is 3.46. The summed E-state index contributed by atoms with van der Waals surface area (Å²) in [6.07, 6.45) is 0.414. The maximum atomic E-state index is 11.4. The summed E-state index contributed by atoms with van der Waals surface area (Å²) in [5.41, 5.74) is -0.371. The van der Waals surface area contributed by atoms with Crippen molar-refractivity contribution in [1.29, 1.82) is 0 Å². The Morgan fingerprint density at radius 1 is 1.47 bits per heavy atom. The second-order valence-corrected chi connectivity index (χ2v) is 4.99. The number of non-ortho nitro benzene ring substituents is 1. The Balaban J connectivity index is 3.09. The fourth-order valence-corrected chi connectivity index (χ4v) is 1.98. The summed E-state index contributed by atoms with van der Waals surface area (Å²) in [5.74, 6) is 5.38. The van der Waals surface area contributed by atoms with Gasteiger partial charge < -0.3 is 4.74 Å². The van der Waals surface area contributed by atoms with Gasteiger partial charge in [-0.25, -0.2) is 13.6 Å². The molecule has 0 fully saturated rings. The van der Waals surface area contributed by atoms with Crippen LogP contribution in [0.1, 0.15) is 13.3 Å². The van der Waals surface area contributed by atoms with E-state index in [1.54, 1.807) is 6.92 Å². The molecule has 0 aromatic heterocycles.